The van der Waals surface area contributed by atoms with Crippen molar-refractivity contribution in [3.8, 4) is 0 Å². The van der Waals surface area contributed by atoms with E-state index in [0.29, 0.717) is 18.2 Å². The van der Waals surface area contributed by atoms with Crippen molar-refractivity contribution in [2.75, 3.05) is 18.5 Å². The number of hydrogen-bond acceptors (Lipinski definition) is 4. The molecule has 150 valence electrons. The van der Waals surface area contributed by atoms with Gasteiger partial charge in [-0.3, -0.25) is 0 Å². The highest BCUT2D eigenvalue weighted by Gasteiger charge is 2.20. The van der Waals surface area contributed by atoms with Crippen molar-refractivity contribution in [2.24, 2.45) is 0 Å². The van der Waals surface area contributed by atoms with Crippen LogP contribution in [0.25, 0.3) is 0 Å². The molecule has 1 aromatic heterocycles. The van der Waals surface area contributed by atoms with Gasteiger partial charge in [0.25, 0.3) is 0 Å². The molecule has 29 heavy (non-hydrogen) atoms. The lowest BCUT2D eigenvalue weighted by Gasteiger charge is -2.23. The molecular formula is C23H25N3O3. The zero-order valence-electron chi connectivity index (χ0n) is 16.2. The Hall–Kier alpha value is -3.12. The monoisotopic (exact) mass is 391 g/mol. The lowest BCUT2D eigenvalue weighted by molar-refractivity contribution is 0.0853. The maximum Gasteiger partial charge on any atom is 0.319 e. The summed E-state index contributed by atoms with van der Waals surface area (Å²) in [6, 6.07) is 17.4. The van der Waals surface area contributed by atoms with Crippen LogP contribution in [0.15, 0.2) is 71.5 Å². The fourth-order valence-corrected chi connectivity index (χ4v) is 3.68. The second-order valence-corrected chi connectivity index (χ2v) is 7.22. The highest BCUT2D eigenvalue weighted by atomic mass is 16.5. The normalized spacial score (nSPS) is 15.6. The number of oxazole rings is 1. The molecule has 0 spiro atoms. The first-order valence-electron chi connectivity index (χ1n) is 9.96. The van der Waals surface area contributed by atoms with Crippen LogP contribution in [0, 0.1) is 0 Å². The minimum Gasteiger partial charge on any atom is -0.447 e. The quantitative estimate of drug-likeness (QED) is 0.640. The van der Waals surface area contributed by atoms with Crippen molar-refractivity contribution >= 4 is 11.7 Å². The van der Waals surface area contributed by atoms with Crippen LogP contribution in [0.2, 0.25) is 0 Å². The van der Waals surface area contributed by atoms with E-state index in [4.69, 9.17) is 9.15 Å². The Kier molecular flexibility index (Phi) is 6.22. The molecule has 6 nitrogen and oxygen atoms in total. The van der Waals surface area contributed by atoms with Crippen molar-refractivity contribution in [1.82, 2.24) is 10.3 Å². The fraction of sp³-hybridized carbons (Fsp3) is 0.304. The summed E-state index contributed by atoms with van der Waals surface area (Å²) in [6.45, 7) is 1.58. The molecular weight excluding hydrogens is 366 g/mol. The van der Waals surface area contributed by atoms with Gasteiger partial charge in [-0.2, -0.15) is 0 Å². The summed E-state index contributed by atoms with van der Waals surface area (Å²) in [7, 11) is 0. The predicted molar refractivity (Wildman–Crippen MR) is 111 cm³/mol. The highest BCUT2D eigenvalue weighted by molar-refractivity contribution is 5.89. The number of rotatable bonds is 6. The Morgan fingerprint density at radius 1 is 1.10 bits per heavy atom. The number of carbonyl (C=O) groups is 1. The van der Waals surface area contributed by atoms with Gasteiger partial charge in [-0.1, -0.05) is 42.5 Å². The molecule has 1 atom stereocenters. The molecule has 0 radical (unpaired) electrons. The molecule has 0 saturated carbocycles. The minimum atomic E-state index is -0.355. The molecule has 1 unspecified atom stereocenters. The van der Waals surface area contributed by atoms with Crippen molar-refractivity contribution in [2.45, 2.75) is 31.2 Å². The SMILES string of the molecule is O=C(Nc1cccc(C2CCOCC2)c1)NC(Cc1ccccc1)c1ncco1. The van der Waals surface area contributed by atoms with E-state index in [1.807, 2.05) is 48.5 Å². The smallest absolute Gasteiger partial charge is 0.319 e. The first-order chi connectivity index (χ1) is 14.3. The molecule has 6 heteroatoms. The van der Waals surface area contributed by atoms with Crippen molar-refractivity contribution in [3.63, 3.8) is 0 Å². The van der Waals surface area contributed by atoms with Crippen LogP contribution in [0.4, 0.5) is 10.5 Å². The summed E-state index contributed by atoms with van der Waals surface area (Å²) in [5.74, 6) is 0.965. The van der Waals surface area contributed by atoms with E-state index >= 15 is 0 Å². The molecule has 0 bridgehead atoms. The van der Waals surface area contributed by atoms with Crippen LogP contribution < -0.4 is 10.6 Å². The molecule has 1 aliphatic heterocycles. The lowest BCUT2D eigenvalue weighted by atomic mass is 9.91. The van der Waals surface area contributed by atoms with Gasteiger partial charge in [0.05, 0.1) is 6.20 Å². The van der Waals surface area contributed by atoms with Gasteiger partial charge in [-0.25, -0.2) is 9.78 Å². The van der Waals surface area contributed by atoms with Gasteiger partial charge in [0.2, 0.25) is 5.89 Å². The van der Waals surface area contributed by atoms with E-state index in [-0.39, 0.29) is 12.1 Å². The average molecular weight is 391 g/mol. The lowest BCUT2D eigenvalue weighted by Crippen LogP contribution is -2.34. The maximum absolute atomic E-state index is 12.7. The Morgan fingerprint density at radius 3 is 2.69 bits per heavy atom. The number of aromatic nitrogens is 1. The van der Waals surface area contributed by atoms with E-state index in [2.05, 4.69) is 21.7 Å². The predicted octanol–water partition coefficient (Wildman–Crippen LogP) is 4.67. The molecule has 4 rings (SSSR count). The van der Waals surface area contributed by atoms with Crippen LogP contribution in [-0.2, 0) is 11.2 Å². The van der Waals surface area contributed by atoms with E-state index in [9.17, 15) is 4.79 Å². The molecule has 1 aliphatic rings. The summed E-state index contributed by atoms with van der Waals surface area (Å²) in [4.78, 5) is 16.9. The van der Waals surface area contributed by atoms with Gasteiger partial charge in [-0.05, 0) is 42.0 Å². The molecule has 2 amide bonds. The number of benzene rings is 2. The molecule has 0 aliphatic carbocycles. The third kappa shape index (κ3) is 5.23. The van der Waals surface area contributed by atoms with Crippen LogP contribution in [0.1, 0.15) is 41.8 Å². The number of nitrogens with zero attached hydrogens (tertiary/aromatic N) is 1. The number of amides is 2. The zero-order chi connectivity index (χ0) is 19.9. The van der Waals surface area contributed by atoms with Crippen LogP contribution in [0.5, 0.6) is 0 Å². The molecule has 2 heterocycles. The molecule has 1 saturated heterocycles. The molecule has 2 N–H and O–H groups in total. The summed E-state index contributed by atoms with van der Waals surface area (Å²) < 4.78 is 10.9. The van der Waals surface area contributed by atoms with E-state index in [1.165, 1.54) is 11.8 Å². The minimum absolute atomic E-state index is 0.284. The molecule has 1 fully saturated rings. The number of ether oxygens (including phenoxy) is 1. The number of nitrogens with one attached hydrogen (secondary N) is 2. The zero-order valence-corrected chi connectivity index (χ0v) is 16.2. The molecule has 2 aromatic carbocycles. The fourth-order valence-electron chi connectivity index (χ4n) is 3.68. The van der Waals surface area contributed by atoms with E-state index < -0.39 is 0 Å². The van der Waals surface area contributed by atoms with Crippen molar-refractivity contribution < 1.29 is 13.9 Å². The summed E-state index contributed by atoms with van der Waals surface area (Å²) in [5.41, 5.74) is 3.11. The summed E-state index contributed by atoms with van der Waals surface area (Å²) in [6.07, 6.45) is 5.73. The first kappa shape index (κ1) is 19.2. The topological polar surface area (TPSA) is 76.4 Å². The third-order valence-electron chi connectivity index (χ3n) is 5.17. The Balaban J connectivity index is 1.43. The Labute approximate surface area is 170 Å². The van der Waals surface area contributed by atoms with E-state index in [0.717, 1.165) is 37.3 Å². The number of urea groups is 1. The maximum atomic E-state index is 12.7. The van der Waals surface area contributed by atoms with Gasteiger partial charge >= 0.3 is 6.03 Å². The van der Waals surface area contributed by atoms with Crippen LogP contribution in [-0.4, -0.2) is 24.2 Å². The van der Waals surface area contributed by atoms with Crippen LogP contribution in [0.3, 0.4) is 0 Å². The van der Waals surface area contributed by atoms with Gasteiger partial charge in [0.15, 0.2) is 0 Å². The van der Waals surface area contributed by atoms with Crippen molar-refractivity contribution in [3.05, 3.63) is 84.1 Å². The Morgan fingerprint density at radius 2 is 1.93 bits per heavy atom. The Bertz CT molecular complexity index is 906. The molecule has 3 aromatic rings. The van der Waals surface area contributed by atoms with E-state index in [1.54, 1.807) is 6.20 Å². The van der Waals surface area contributed by atoms with Gasteiger partial charge in [-0.15, -0.1) is 0 Å². The van der Waals surface area contributed by atoms with Gasteiger partial charge < -0.3 is 19.8 Å². The van der Waals surface area contributed by atoms with Crippen molar-refractivity contribution in [1.29, 1.82) is 0 Å². The highest BCUT2D eigenvalue weighted by Crippen LogP contribution is 2.28. The summed E-state index contributed by atoms with van der Waals surface area (Å²) in [5, 5.41) is 5.94. The van der Waals surface area contributed by atoms with Crippen LogP contribution >= 0.6 is 0 Å². The summed E-state index contributed by atoms with van der Waals surface area (Å²) >= 11 is 0. The average Bonchev–Trinajstić information content (AvgIpc) is 3.30. The first-order valence-corrected chi connectivity index (χ1v) is 9.96. The van der Waals surface area contributed by atoms with Gasteiger partial charge in [0.1, 0.15) is 12.3 Å². The van der Waals surface area contributed by atoms with Gasteiger partial charge in [0, 0.05) is 25.3 Å². The largest absolute Gasteiger partial charge is 0.447 e. The number of anilines is 1. The second kappa shape index (κ2) is 9.39. The number of hydrogen-bond donors (Lipinski definition) is 2. The second-order valence-electron chi connectivity index (χ2n) is 7.22. The third-order valence-corrected chi connectivity index (χ3v) is 5.17. The number of carbonyl (C=O) groups excluding carboxylic acids is 1. The standard InChI is InChI=1S/C23H25N3O3/c27-23(25-20-8-4-7-19(16-20)18-9-12-28-13-10-18)26-21(22-24-11-14-29-22)15-17-5-2-1-3-6-17/h1-8,11,14,16,18,21H,9-10,12-13,15H2,(H2,25,26,27).